The lowest BCUT2D eigenvalue weighted by Gasteiger charge is -2.19. The molecule has 0 spiro atoms. The Bertz CT molecular complexity index is 297. The Labute approximate surface area is 86.8 Å². The van der Waals surface area contributed by atoms with Gasteiger partial charge in [-0.25, -0.2) is 0 Å². The van der Waals surface area contributed by atoms with Crippen LogP contribution < -0.4 is 11.3 Å². The maximum Gasteiger partial charge on any atom is 0.0773 e. The topological polar surface area (TPSA) is 73.1 Å². The largest absolute Gasteiger partial charge is 0.381 e. The van der Waals surface area contributed by atoms with E-state index in [0.29, 0.717) is 5.92 Å². The Kier molecular flexibility index (Phi) is 3.07. The van der Waals surface area contributed by atoms with Gasteiger partial charge in [-0.15, -0.1) is 5.10 Å². The zero-order valence-corrected chi connectivity index (χ0v) is 8.88. The van der Waals surface area contributed by atoms with Gasteiger partial charge in [0.15, 0.2) is 0 Å². The van der Waals surface area contributed by atoms with E-state index in [-0.39, 0.29) is 6.04 Å². The van der Waals surface area contributed by atoms with Gasteiger partial charge in [-0.2, -0.15) is 0 Å². The maximum absolute atomic E-state index is 5.56. The van der Waals surface area contributed by atoms with Crippen molar-refractivity contribution in [3.05, 3.63) is 10.6 Å². The molecule has 5 nitrogen and oxygen atoms in total. The fourth-order valence-electron chi connectivity index (χ4n) is 1.76. The van der Waals surface area contributed by atoms with E-state index in [0.717, 1.165) is 30.2 Å². The predicted octanol–water partition coefficient (Wildman–Crippen LogP) is 0.387. The first-order valence-corrected chi connectivity index (χ1v) is 5.43. The van der Waals surface area contributed by atoms with Gasteiger partial charge < -0.3 is 4.74 Å². The van der Waals surface area contributed by atoms with Gasteiger partial charge in [0.25, 0.3) is 0 Å². The van der Waals surface area contributed by atoms with E-state index in [1.54, 1.807) is 0 Å². The summed E-state index contributed by atoms with van der Waals surface area (Å²) in [5.74, 6) is 6.00. The summed E-state index contributed by atoms with van der Waals surface area (Å²) in [6.07, 6.45) is 1.05. The Morgan fingerprint density at radius 3 is 3.07 bits per heavy atom. The summed E-state index contributed by atoms with van der Waals surface area (Å²) in [6.45, 7) is 3.55. The van der Waals surface area contributed by atoms with Gasteiger partial charge in [0, 0.05) is 12.5 Å². The van der Waals surface area contributed by atoms with Crippen LogP contribution >= 0.6 is 11.5 Å². The number of hydrogen-bond acceptors (Lipinski definition) is 6. The third kappa shape index (κ3) is 1.78. The van der Waals surface area contributed by atoms with Crippen LogP contribution in [0.4, 0.5) is 0 Å². The monoisotopic (exact) mass is 214 g/mol. The van der Waals surface area contributed by atoms with E-state index in [1.165, 1.54) is 11.5 Å². The summed E-state index contributed by atoms with van der Waals surface area (Å²) in [6, 6.07) is 0.137. The van der Waals surface area contributed by atoms with Crippen molar-refractivity contribution >= 4 is 11.5 Å². The summed E-state index contributed by atoms with van der Waals surface area (Å²) in [5.41, 5.74) is 3.80. The van der Waals surface area contributed by atoms with Crippen LogP contribution in [0, 0.1) is 12.8 Å². The number of hydrazine groups is 1. The first-order valence-electron chi connectivity index (χ1n) is 4.65. The molecule has 6 heteroatoms. The SMILES string of the molecule is Cc1nnsc1C(NN)C1CCOC1. The molecule has 1 aromatic rings. The van der Waals surface area contributed by atoms with Crippen LogP contribution in [-0.2, 0) is 4.74 Å². The normalized spacial score (nSPS) is 24.0. The van der Waals surface area contributed by atoms with Gasteiger partial charge in [-0.3, -0.25) is 11.3 Å². The van der Waals surface area contributed by atoms with Crippen LogP contribution in [0.3, 0.4) is 0 Å². The summed E-state index contributed by atoms with van der Waals surface area (Å²) in [5, 5.41) is 3.99. The van der Waals surface area contributed by atoms with Crippen molar-refractivity contribution in [1.82, 2.24) is 15.0 Å². The van der Waals surface area contributed by atoms with Crippen LogP contribution in [0.2, 0.25) is 0 Å². The van der Waals surface area contributed by atoms with E-state index >= 15 is 0 Å². The molecule has 0 radical (unpaired) electrons. The molecule has 3 N–H and O–H groups in total. The molecule has 0 amide bonds. The molecular formula is C8H14N4OS. The van der Waals surface area contributed by atoms with E-state index < -0.39 is 0 Å². The minimum Gasteiger partial charge on any atom is -0.381 e. The van der Waals surface area contributed by atoms with Crippen molar-refractivity contribution in [1.29, 1.82) is 0 Å². The molecule has 0 aliphatic carbocycles. The Morgan fingerprint density at radius 2 is 2.57 bits per heavy atom. The van der Waals surface area contributed by atoms with Crippen molar-refractivity contribution in [3.63, 3.8) is 0 Å². The molecule has 14 heavy (non-hydrogen) atoms. The molecule has 1 aliphatic heterocycles. The summed E-state index contributed by atoms with van der Waals surface area (Å²) >= 11 is 1.41. The second kappa shape index (κ2) is 4.31. The van der Waals surface area contributed by atoms with Gasteiger partial charge in [0.2, 0.25) is 0 Å². The summed E-state index contributed by atoms with van der Waals surface area (Å²) in [7, 11) is 0. The first-order chi connectivity index (χ1) is 6.83. The van der Waals surface area contributed by atoms with Crippen LogP contribution in [0.25, 0.3) is 0 Å². The van der Waals surface area contributed by atoms with Crippen LogP contribution in [0.1, 0.15) is 23.0 Å². The number of nitrogens with two attached hydrogens (primary N) is 1. The highest BCUT2D eigenvalue weighted by Gasteiger charge is 2.28. The van der Waals surface area contributed by atoms with Gasteiger partial charge in [0.1, 0.15) is 0 Å². The molecule has 2 rings (SSSR count). The molecule has 0 saturated carbocycles. The molecule has 2 atom stereocenters. The van der Waals surface area contributed by atoms with Crippen molar-refractivity contribution < 1.29 is 4.74 Å². The number of nitrogens with one attached hydrogen (secondary N) is 1. The third-order valence-corrected chi connectivity index (χ3v) is 3.49. The van der Waals surface area contributed by atoms with E-state index in [2.05, 4.69) is 15.0 Å². The molecule has 1 saturated heterocycles. The highest BCUT2D eigenvalue weighted by Crippen LogP contribution is 2.31. The highest BCUT2D eigenvalue weighted by molar-refractivity contribution is 7.05. The lowest BCUT2D eigenvalue weighted by atomic mass is 9.97. The number of rotatable bonds is 3. The van der Waals surface area contributed by atoms with Crippen molar-refractivity contribution in [2.24, 2.45) is 11.8 Å². The molecule has 2 unspecified atom stereocenters. The summed E-state index contributed by atoms with van der Waals surface area (Å²) < 4.78 is 9.26. The van der Waals surface area contributed by atoms with Gasteiger partial charge in [0.05, 0.1) is 23.2 Å². The number of nitrogens with zero attached hydrogens (tertiary/aromatic N) is 2. The minimum atomic E-state index is 0.137. The van der Waals surface area contributed by atoms with E-state index in [9.17, 15) is 0 Å². The molecule has 0 bridgehead atoms. The lowest BCUT2D eigenvalue weighted by Crippen LogP contribution is -2.33. The number of ether oxygens (including phenoxy) is 1. The molecule has 1 aromatic heterocycles. The van der Waals surface area contributed by atoms with Crippen molar-refractivity contribution in [3.8, 4) is 0 Å². The van der Waals surface area contributed by atoms with Crippen LogP contribution in [-0.4, -0.2) is 22.8 Å². The average Bonchev–Trinajstić information content (AvgIpc) is 2.80. The maximum atomic E-state index is 5.56. The van der Waals surface area contributed by atoms with Gasteiger partial charge in [-0.05, 0) is 24.9 Å². The van der Waals surface area contributed by atoms with Crippen molar-refractivity contribution in [2.75, 3.05) is 13.2 Å². The first kappa shape index (κ1) is 9.97. The van der Waals surface area contributed by atoms with E-state index in [4.69, 9.17) is 10.6 Å². The third-order valence-electron chi connectivity index (χ3n) is 2.58. The van der Waals surface area contributed by atoms with E-state index in [1.807, 2.05) is 6.92 Å². The lowest BCUT2D eigenvalue weighted by molar-refractivity contribution is 0.177. The second-order valence-corrected chi connectivity index (χ2v) is 4.28. The predicted molar refractivity (Wildman–Crippen MR) is 53.6 cm³/mol. The van der Waals surface area contributed by atoms with Crippen LogP contribution in [0.5, 0.6) is 0 Å². The number of aromatic nitrogens is 2. The smallest absolute Gasteiger partial charge is 0.0773 e. The summed E-state index contributed by atoms with van der Waals surface area (Å²) in [4.78, 5) is 1.13. The van der Waals surface area contributed by atoms with Crippen LogP contribution in [0.15, 0.2) is 0 Å². The molecular weight excluding hydrogens is 200 g/mol. The minimum absolute atomic E-state index is 0.137. The molecule has 2 heterocycles. The highest BCUT2D eigenvalue weighted by atomic mass is 32.1. The fraction of sp³-hybridized carbons (Fsp3) is 0.750. The molecule has 0 aromatic carbocycles. The van der Waals surface area contributed by atoms with Crippen molar-refractivity contribution in [2.45, 2.75) is 19.4 Å². The molecule has 1 fully saturated rings. The zero-order valence-electron chi connectivity index (χ0n) is 8.06. The Hall–Kier alpha value is -0.560. The second-order valence-electron chi connectivity index (χ2n) is 3.49. The van der Waals surface area contributed by atoms with Gasteiger partial charge in [-0.1, -0.05) is 4.49 Å². The average molecular weight is 214 g/mol. The molecule has 78 valence electrons. The molecule has 1 aliphatic rings. The zero-order chi connectivity index (χ0) is 9.97. The number of aryl methyl sites for hydroxylation is 1. The Balaban J connectivity index is 2.16. The van der Waals surface area contributed by atoms with Gasteiger partial charge >= 0.3 is 0 Å². The quantitative estimate of drug-likeness (QED) is 0.562. The number of hydrogen-bond donors (Lipinski definition) is 2. The fourth-order valence-corrected chi connectivity index (χ4v) is 2.56. The Morgan fingerprint density at radius 1 is 1.71 bits per heavy atom. The standard InChI is InChI=1S/C8H14N4OS/c1-5-8(14-12-11-5)7(10-9)6-2-3-13-4-6/h6-7,10H,2-4,9H2,1H3.